The van der Waals surface area contributed by atoms with Crippen molar-refractivity contribution in [2.75, 3.05) is 45.9 Å². The van der Waals surface area contributed by atoms with Gasteiger partial charge < -0.3 is 37.1 Å². The number of unbranched alkanes of at least 4 members (excludes halogenated alkanes) is 11. The van der Waals surface area contributed by atoms with Gasteiger partial charge in [0.05, 0.1) is 19.3 Å². The number of hydrogen-bond acceptors (Lipinski definition) is 7. The summed E-state index contributed by atoms with van der Waals surface area (Å²) in [4.78, 5) is 58.6. The summed E-state index contributed by atoms with van der Waals surface area (Å²) in [5, 5.41) is 14.6. The summed E-state index contributed by atoms with van der Waals surface area (Å²) in [6, 6.07) is -0.0194. The standard InChI is InChI=1S/C27H54N4O4.C15H28N2O2.2C2H6/c1-3-5-12-16-25(32)29-20-15-21-30-26(33)18-22-35-23-24(4-2)31-27(34)17-13-10-8-6-7-9-11-14-19-28;1-2-3-4-6-14(18)16-11-5-12-17-15(19)10-9-13-7-8-13;2*1-2/h24H,3-23,28H2,1-2H3,(H,29,32)(H,30,33)(H,31,34);13H,2-12H2,1H3,(H,16,18)(H,17,19);2*1-2H3. The Bertz CT molecular complexity index is 950. The van der Waals surface area contributed by atoms with Crippen molar-refractivity contribution < 1.29 is 28.7 Å². The van der Waals surface area contributed by atoms with Crippen molar-refractivity contribution in [1.82, 2.24) is 26.6 Å². The molecule has 0 heterocycles. The molecule has 1 aliphatic carbocycles. The summed E-state index contributed by atoms with van der Waals surface area (Å²) in [7, 11) is 0. The molecule has 7 N–H and O–H groups in total. The van der Waals surface area contributed by atoms with Crippen LogP contribution >= 0.6 is 0 Å². The lowest BCUT2D eigenvalue weighted by atomic mass is 10.1. The van der Waals surface area contributed by atoms with Crippen molar-refractivity contribution in [1.29, 1.82) is 0 Å². The van der Waals surface area contributed by atoms with E-state index in [1.165, 1.54) is 44.9 Å². The molecule has 12 nitrogen and oxygen atoms in total. The highest BCUT2D eigenvalue weighted by atomic mass is 16.5. The van der Waals surface area contributed by atoms with Gasteiger partial charge in [-0.25, -0.2) is 0 Å². The first-order chi connectivity index (χ1) is 28.2. The van der Waals surface area contributed by atoms with Gasteiger partial charge in [-0.15, -0.1) is 0 Å². The molecule has 1 rings (SSSR count). The summed E-state index contributed by atoms with van der Waals surface area (Å²) >= 11 is 0. The van der Waals surface area contributed by atoms with Gasteiger partial charge in [0.15, 0.2) is 0 Å². The number of rotatable bonds is 36. The molecule has 0 aromatic heterocycles. The largest absolute Gasteiger partial charge is 0.379 e. The Hall–Kier alpha value is -2.73. The van der Waals surface area contributed by atoms with Gasteiger partial charge in [-0.05, 0) is 63.8 Å². The monoisotopic (exact) mass is 827 g/mol. The van der Waals surface area contributed by atoms with E-state index >= 15 is 0 Å². The highest BCUT2D eigenvalue weighted by molar-refractivity contribution is 5.77. The van der Waals surface area contributed by atoms with Crippen LogP contribution in [0.1, 0.15) is 209 Å². The molecule has 0 aromatic carbocycles. The van der Waals surface area contributed by atoms with Crippen LogP contribution in [0.25, 0.3) is 0 Å². The van der Waals surface area contributed by atoms with Gasteiger partial charge in [0, 0.05) is 58.3 Å². The third kappa shape index (κ3) is 47.6. The molecule has 0 radical (unpaired) electrons. The maximum atomic E-state index is 12.2. The van der Waals surface area contributed by atoms with Gasteiger partial charge in [-0.2, -0.15) is 0 Å². The van der Waals surface area contributed by atoms with Crippen molar-refractivity contribution in [2.45, 2.75) is 215 Å². The molecule has 344 valence electrons. The zero-order chi connectivity index (χ0) is 43.9. The fraction of sp³-hybridized carbons (Fsp3) is 0.891. The number of amides is 5. The number of carbonyl (C=O) groups excluding carboxylic acids is 5. The maximum Gasteiger partial charge on any atom is 0.222 e. The van der Waals surface area contributed by atoms with Crippen LogP contribution in [0, 0.1) is 5.92 Å². The summed E-state index contributed by atoms with van der Waals surface area (Å²) in [5.74, 6) is 1.21. The van der Waals surface area contributed by atoms with Crippen LogP contribution in [0.2, 0.25) is 0 Å². The Morgan fingerprint density at radius 2 is 0.914 bits per heavy atom. The van der Waals surface area contributed by atoms with Gasteiger partial charge in [0.25, 0.3) is 0 Å². The van der Waals surface area contributed by atoms with Crippen molar-refractivity contribution in [3.05, 3.63) is 0 Å². The summed E-state index contributed by atoms with van der Waals surface area (Å²) in [6.45, 7) is 18.2. The Morgan fingerprint density at radius 3 is 1.34 bits per heavy atom. The fourth-order valence-electron chi connectivity index (χ4n) is 5.70. The molecule has 5 amide bonds. The van der Waals surface area contributed by atoms with Crippen LogP contribution in [0.4, 0.5) is 0 Å². The van der Waals surface area contributed by atoms with E-state index in [1.807, 2.05) is 34.6 Å². The second kappa shape index (κ2) is 48.6. The molecule has 58 heavy (non-hydrogen) atoms. The molecule has 0 spiro atoms. The number of nitrogens with one attached hydrogen (secondary N) is 5. The smallest absolute Gasteiger partial charge is 0.222 e. The van der Waals surface area contributed by atoms with Crippen molar-refractivity contribution in [3.8, 4) is 0 Å². The lowest BCUT2D eigenvalue weighted by Gasteiger charge is -2.17. The molecule has 0 aromatic rings. The van der Waals surface area contributed by atoms with E-state index in [9.17, 15) is 24.0 Å². The van der Waals surface area contributed by atoms with Crippen LogP contribution in [0.3, 0.4) is 0 Å². The molecule has 0 aliphatic heterocycles. The topological polar surface area (TPSA) is 181 Å². The maximum absolute atomic E-state index is 12.2. The number of nitrogens with two attached hydrogens (primary N) is 1. The van der Waals surface area contributed by atoms with E-state index < -0.39 is 0 Å². The summed E-state index contributed by atoms with van der Waals surface area (Å²) in [6.07, 6.45) is 24.3. The van der Waals surface area contributed by atoms with Gasteiger partial charge in [-0.3, -0.25) is 24.0 Å². The Balaban J connectivity index is -0.00000110. The second-order valence-electron chi connectivity index (χ2n) is 14.9. The fourth-order valence-corrected chi connectivity index (χ4v) is 5.70. The number of carbonyl (C=O) groups is 5. The highest BCUT2D eigenvalue weighted by Gasteiger charge is 2.21. The normalized spacial score (nSPS) is 11.9. The van der Waals surface area contributed by atoms with Crippen LogP contribution < -0.4 is 32.3 Å². The Labute approximate surface area is 356 Å². The van der Waals surface area contributed by atoms with Crippen molar-refractivity contribution in [2.24, 2.45) is 11.7 Å². The first-order valence-electron chi connectivity index (χ1n) is 23.9. The molecule has 12 heteroatoms. The summed E-state index contributed by atoms with van der Waals surface area (Å²) in [5.41, 5.74) is 5.50. The third-order valence-electron chi connectivity index (χ3n) is 9.50. The van der Waals surface area contributed by atoms with Crippen LogP contribution in [0.15, 0.2) is 0 Å². The zero-order valence-corrected chi connectivity index (χ0v) is 38.8. The molecule has 1 unspecified atom stereocenters. The predicted octanol–water partition coefficient (Wildman–Crippen LogP) is 8.39. The predicted molar refractivity (Wildman–Crippen MR) is 242 cm³/mol. The molecule has 1 aliphatic rings. The Morgan fingerprint density at radius 1 is 0.517 bits per heavy atom. The van der Waals surface area contributed by atoms with E-state index in [-0.39, 0.29) is 35.6 Å². The van der Waals surface area contributed by atoms with E-state index in [0.29, 0.717) is 77.9 Å². The quantitative estimate of drug-likeness (QED) is 0.0343. The van der Waals surface area contributed by atoms with Gasteiger partial charge in [-0.1, -0.05) is 126 Å². The van der Waals surface area contributed by atoms with Gasteiger partial charge >= 0.3 is 0 Å². The lowest BCUT2D eigenvalue weighted by Crippen LogP contribution is -2.38. The molecule has 1 atom stereocenters. The number of hydrogen-bond donors (Lipinski definition) is 6. The van der Waals surface area contributed by atoms with Gasteiger partial charge in [0.1, 0.15) is 0 Å². The molecular weight excluding hydrogens is 733 g/mol. The minimum absolute atomic E-state index is 0.0194. The molecule has 1 fully saturated rings. The first kappa shape index (κ1) is 59.6. The molecular formula is C46H94N6O6. The van der Waals surface area contributed by atoms with E-state index in [1.54, 1.807) is 0 Å². The third-order valence-corrected chi connectivity index (χ3v) is 9.50. The lowest BCUT2D eigenvalue weighted by molar-refractivity contribution is -0.124. The second-order valence-corrected chi connectivity index (χ2v) is 14.9. The molecule has 1 saturated carbocycles. The van der Waals surface area contributed by atoms with Crippen molar-refractivity contribution in [3.63, 3.8) is 0 Å². The average molecular weight is 827 g/mol. The highest BCUT2D eigenvalue weighted by Crippen LogP contribution is 2.33. The zero-order valence-electron chi connectivity index (χ0n) is 38.8. The van der Waals surface area contributed by atoms with Crippen LogP contribution in [0.5, 0.6) is 0 Å². The molecule has 0 saturated heterocycles. The number of ether oxygens (including phenoxy) is 1. The van der Waals surface area contributed by atoms with Crippen LogP contribution in [-0.4, -0.2) is 81.5 Å². The minimum Gasteiger partial charge on any atom is -0.379 e. The SMILES string of the molecule is CC.CC.CCCCCC(=O)NCCCNC(=O)CCC1CC1.CCCCCC(=O)NCCCNC(=O)CCOCC(CC)NC(=O)CCCCCCCCCCN. The minimum atomic E-state index is -0.0595. The van der Waals surface area contributed by atoms with E-state index in [4.69, 9.17) is 10.5 Å². The summed E-state index contributed by atoms with van der Waals surface area (Å²) < 4.78 is 5.62. The average Bonchev–Trinajstić information content (AvgIpc) is 4.07. The van der Waals surface area contributed by atoms with Crippen LogP contribution in [-0.2, 0) is 28.7 Å². The van der Waals surface area contributed by atoms with E-state index in [2.05, 4.69) is 40.4 Å². The van der Waals surface area contributed by atoms with Crippen molar-refractivity contribution >= 4 is 29.5 Å². The van der Waals surface area contributed by atoms with E-state index in [0.717, 1.165) is 89.5 Å². The first-order valence-corrected chi connectivity index (χ1v) is 23.9. The molecule has 0 bridgehead atoms. The Kier molecular flexibility index (Phi) is 50.0. The van der Waals surface area contributed by atoms with Gasteiger partial charge in [0.2, 0.25) is 29.5 Å².